The number of methoxy groups -OCH3 is 1. The zero-order chi connectivity index (χ0) is 18.6. The molecular weight excluding hydrogens is 367 g/mol. The summed E-state index contributed by atoms with van der Waals surface area (Å²) in [6.45, 7) is 1.45. The molecule has 2 aromatic rings. The highest BCUT2D eigenvalue weighted by molar-refractivity contribution is 6.33. The molecule has 2 aromatic carbocycles. The fourth-order valence-electron chi connectivity index (χ4n) is 1.97. The van der Waals surface area contributed by atoms with Crippen LogP contribution in [-0.4, -0.2) is 25.1 Å². The molecule has 0 aliphatic carbocycles. The molecule has 0 aliphatic heterocycles. The van der Waals surface area contributed by atoms with Crippen LogP contribution in [0.5, 0.6) is 5.75 Å². The third-order valence-electron chi connectivity index (χ3n) is 3.30. The number of anilines is 2. The van der Waals surface area contributed by atoms with Crippen LogP contribution in [0.3, 0.4) is 0 Å². The summed E-state index contributed by atoms with van der Waals surface area (Å²) >= 11 is 11.7. The summed E-state index contributed by atoms with van der Waals surface area (Å²) in [6.07, 6.45) is -1.05. The number of ether oxygens (including phenoxy) is 2. The summed E-state index contributed by atoms with van der Waals surface area (Å²) in [5.41, 5.74) is 6.47. The normalized spacial score (nSPS) is 11.5. The number of nitrogens with one attached hydrogen (secondary N) is 1. The number of nitrogen functional groups attached to an aromatic ring is 1. The van der Waals surface area contributed by atoms with Crippen molar-refractivity contribution in [2.24, 2.45) is 0 Å². The number of rotatable bonds is 5. The van der Waals surface area contributed by atoms with Crippen molar-refractivity contribution in [3.05, 3.63) is 52.0 Å². The number of hydrogen-bond donors (Lipinski definition) is 2. The van der Waals surface area contributed by atoms with Gasteiger partial charge in [-0.05, 0) is 43.3 Å². The minimum Gasteiger partial charge on any atom is -0.495 e. The first-order valence-electron chi connectivity index (χ1n) is 7.22. The average Bonchev–Trinajstić information content (AvgIpc) is 2.57. The predicted octanol–water partition coefficient (Wildman–Crippen LogP) is 3.77. The largest absolute Gasteiger partial charge is 0.495 e. The molecule has 0 heterocycles. The average molecular weight is 383 g/mol. The van der Waals surface area contributed by atoms with Gasteiger partial charge in [0.25, 0.3) is 5.91 Å². The standard InChI is InChI=1S/C17H16Cl2N2O4/c1-9(25-17(23)10-3-5-12(19)13(20)7-10)16(22)21-14-8-11(18)4-6-15(14)24-2/h3-9H,20H2,1-2H3,(H,21,22)/t9-/m0/s1. The van der Waals surface area contributed by atoms with Crippen LogP contribution in [0.25, 0.3) is 0 Å². The molecule has 3 N–H and O–H groups in total. The first-order chi connectivity index (χ1) is 11.8. The molecule has 0 aromatic heterocycles. The number of amides is 1. The Labute approximate surface area is 154 Å². The van der Waals surface area contributed by atoms with Gasteiger partial charge >= 0.3 is 5.97 Å². The molecular formula is C17H16Cl2N2O4. The molecule has 0 fully saturated rings. The smallest absolute Gasteiger partial charge is 0.338 e. The second-order valence-electron chi connectivity index (χ2n) is 5.12. The molecule has 1 amide bonds. The molecule has 132 valence electrons. The van der Waals surface area contributed by atoms with Crippen LogP contribution in [0.15, 0.2) is 36.4 Å². The van der Waals surface area contributed by atoms with Crippen molar-refractivity contribution in [2.45, 2.75) is 13.0 Å². The topological polar surface area (TPSA) is 90.6 Å². The van der Waals surface area contributed by atoms with Crippen LogP contribution in [0.4, 0.5) is 11.4 Å². The van der Waals surface area contributed by atoms with E-state index in [-0.39, 0.29) is 11.3 Å². The van der Waals surface area contributed by atoms with Crippen molar-refractivity contribution in [2.75, 3.05) is 18.2 Å². The van der Waals surface area contributed by atoms with Gasteiger partial charge in [0.1, 0.15) is 5.75 Å². The quantitative estimate of drug-likeness (QED) is 0.606. The van der Waals surface area contributed by atoms with Gasteiger partial charge in [0, 0.05) is 5.02 Å². The van der Waals surface area contributed by atoms with Crippen LogP contribution in [0.2, 0.25) is 10.0 Å². The van der Waals surface area contributed by atoms with Gasteiger partial charge in [-0.3, -0.25) is 4.79 Å². The van der Waals surface area contributed by atoms with Crippen molar-refractivity contribution in [3.63, 3.8) is 0 Å². The van der Waals surface area contributed by atoms with Crippen molar-refractivity contribution < 1.29 is 19.1 Å². The molecule has 2 rings (SSSR count). The van der Waals surface area contributed by atoms with Gasteiger partial charge in [0.2, 0.25) is 0 Å². The molecule has 0 unspecified atom stereocenters. The third-order valence-corrected chi connectivity index (χ3v) is 3.88. The number of halogens is 2. The molecule has 0 spiro atoms. The Morgan fingerprint density at radius 2 is 1.88 bits per heavy atom. The first kappa shape index (κ1) is 18.9. The van der Waals surface area contributed by atoms with E-state index in [1.807, 2.05) is 0 Å². The molecule has 25 heavy (non-hydrogen) atoms. The summed E-state index contributed by atoms with van der Waals surface area (Å²) in [7, 11) is 1.47. The first-order valence-corrected chi connectivity index (χ1v) is 7.98. The number of nitrogens with two attached hydrogens (primary N) is 1. The van der Waals surface area contributed by atoms with E-state index in [4.69, 9.17) is 38.4 Å². The Morgan fingerprint density at radius 3 is 2.52 bits per heavy atom. The van der Waals surface area contributed by atoms with E-state index in [1.54, 1.807) is 12.1 Å². The zero-order valence-electron chi connectivity index (χ0n) is 13.5. The lowest BCUT2D eigenvalue weighted by Crippen LogP contribution is -2.30. The van der Waals surface area contributed by atoms with E-state index in [0.29, 0.717) is 21.5 Å². The number of carbonyl (C=O) groups is 2. The lowest BCUT2D eigenvalue weighted by molar-refractivity contribution is -0.123. The van der Waals surface area contributed by atoms with Crippen molar-refractivity contribution in [3.8, 4) is 5.75 Å². The molecule has 0 radical (unpaired) electrons. The minimum atomic E-state index is -1.05. The van der Waals surface area contributed by atoms with Gasteiger partial charge in [0.15, 0.2) is 6.10 Å². The Kier molecular flexibility index (Phi) is 6.12. The van der Waals surface area contributed by atoms with Crippen molar-refractivity contribution in [1.82, 2.24) is 0 Å². The van der Waals surface area contributed by atoms with E-state index in [0.717, 1.165) is 0 Å². The van der Waals surface area contributed by atoms with Gasteiger partial charge in [0.05, 0.1) is 29.1 Å². The third kappa shape index (κ3) is 4.78. The van der Waals surface area contributed by atoms with Gasteiger partial charge in [-0.15, -0.1) is 0 Å². The second kappa shape index (κ2) is 8.09. The van der Waals surface area contributed by atoms with E-state index in [1.165, 1.54) is 38.3 Å². The van der Waals surface area contributed by atoms with Gasteiger partial charge in [-0.25, -0.2) is 4.79 Å². The highest BCUT2D eigenvalue weighted by Gasteiger charge is 2.20. The maximum atomic E-state index is 12.2. The molecule has 8 heteroatoms. The molecule has 6 nitrogen and oxygen atoms in total. The Balaban J connectivity index is 2.06. The molecule has 0 saturated heterocycles. The molecule has 0 saturated carbocycles. The maximum absolute atomic E-state index is 12.2. The fraction of sp³-hybridized carbons (Fsp3) is 0.176. The Bertz CT molecular complexity index is 811. The molecule has 1 atom stereocenters. The van der Waals surface area contributed by atoms with Crippen molar-refractivity contribution >= 4 is 46.5 Å². The van der Waals surface area contributed by atoms with Gasteiger partial charge in [-0.1, -0.05) is 23.2 Å². The zero-order valence-corrected chi connectivity index (χ0v) is 15.0. The van der Waals surface area contributed by atoms with E-state index >= 15 is 0 Å². The monoisotopic (exact) mass is 382 g/mol. The second-order valence-corrected chi connectivity index (χ2v) is 5.96. The maximum Gasteiger partial charge on any atom is 0.338 e. The summed E-state index contributed by atoms with van der Waals surface area (Å²) in [4.78, 5) is 24.4. The number of hydrogen-bond acceptors (Lipinski definition) is 5. The van der Waals surface area contributed by atoms with E-state index < -0.39 is 18.0 Å². The van der Waals surface area contributed by atoms with Crippen LogP contribution in [-0.2, 0) is 9.53 Å². The van der Waals surface area contributed by atoms with Gasteiger partial charge in [-0.2, -0.15) is 0 Å². The Hall–Kier alpha value is -2.44. The summed E-state index contributed by atoms with van der Waals surface area (Å²) in [5.74, 6) is -0.790. The molecule has 0 bridgehead atoms. The van der Waals surface area contributed by atoms with Gasteiger partial charge < -0.3 is 20.5 Å². The SMILES string of the molecule is COc1ccc(Cl)cc1NC(=O)[C@H](C)OC(=O)c1ccc(Cl)c(N)c1. The Morgan fingerprint density at radius 1 is 1.16 bits per heavy atom. The van der Waals surface area contributed by atoms with Crippen LogP contribution >= 0.6 is 23.2 Å². The highest BCUT2D eigenvalue weighted by Crippen LogP contribution is 2.28. The number of benzene rings is 2. The van der Waals surface area contributed by atoms with Crippen LogP contribution in [0, 0.1) is 0 Å². The van der Waals surface area contributed by atoms with E-state index in [9.17, 15) is 9.59 Å². The van der Waals surface area contributed by atoms with Crippen LogP contribution < -0.4 is 15.8 Å². The predicted molar refractivity (Wildman–Crippen MR) is 97.4 cm³/mol. The van der Waals surface area contributed by atoms with Crippen molar-refractivity contribution in [1.29, 1.82) is 0 Å². The van der Waals surface area contributed by atoms with E-state index in [2.05, 4.69) is 5.32 Å². The fourth-order valence-corrected chi connectivity index (χ4v) is 2.25. The summed E-state index contributed by atoms with van der Waals surface area (Å²) in [6, 6.07) is 9.11. The number of carbonyl (C=O) groups excluding carboxylic acids is 2. The number of esters is 1. The minimum absolute atomic E-state index is 0.196. The highest BCUT2D eigenvalue weighted by atomic mass is 35.5. The lowest BCUT2D eigenvalue weighted by atomic mass is 10.2. The summed E-state index contributed by atoms with van der Waals surface area (Å²) in [5, 5.41) is 3.37. The molecule has 0 aliphatic rings. The summed E-state index contributed by atoms with van der Waals surface area (Å²) < 4.78 is 10.3. The van der Waals surface area contributed by atoms with Crippen LogP contribution in [0.1, 0.15) is 17.3 Å². The lowest BCUT2D eigenvalue weighted by Gasteiger charge is -2.15.